The van der Waals surface area contributed by atoms with E-state index in [0.29, 0.717) is 25.7 Å². The predicted molar refractivity (Wildman–Crippen MR) is 414 cm³/mol. The first-order valence-electron chi connectivity index (χ1n) is 42.4. The van der Waals surface area contributed by atoms with E-state index < -0.39 is 97.5 Å². The van der Waals surface area contributed by atoms with E-state index in [1.165, 1.54) is 238 Å². The average molecular weight is 1480 g/mol. The van der Waals surface area contributed by atoms with Crippen molar-refractivity contribution in [3.05, 3.63) is 0 Å². The van der Waals surface area contributed by atoms with Crippen LogP contribution in [0.3, 0.4) is 0 Å². The number of aliphatic hydroxyl groups excluding tert-OH is 1. The van der Waals surface area contributed by atoms with Crippen molar-refractivity contribution >= 4 is 39.5 Å². The van der Waals surface area contributed by atoms with Crippen molar-refractivity contribution in [3.8, 4) is 0 Å². The molecule has 0 spiro atoms. The fraction of sp³-hybridized carbons (Fsp3) is 0.951. The lowest BCUT2D eigenvalue weighted by molar-refractivity contribution is -0.161. The summed E-state index contributed by atoms with van der Waals surface area (Å²) in [4.78, 5) is 73.1. The van der Waals surface area contributed by atoms with Crippen LogP contribution in [0.1, 0.15) is 427 Å². The minimum Gasteiger partial charge on any atom is -0.462 e. The maximum atomic E-state index is 13.1. The van der Waals surface area contributed by atoms with Gasteiger partial charge in [0.05, 0.1) is 26.4 Å². The van der Waals surface area contributed by atoms with Crippen molar-refractivity contribution in [3.63, 3.8) is 0 Å². The molecule has 0 radical (unpaired) electrons. The van der Waals surface area contributed by atoms with Gasteiger partial charge in [0.2, 0.25) is 0 Å². The van der Waals surface area contributed by atoms with Crippen LogP contribution in [-0.4, -0.2) is 96.7 Å². The number of hydrogen-bond donors (Lipinski definition) is 3. The van der Waals surface area contributed by atoms with E-state index in [-0.39, 0.29) is 25.7 Å². The summed E-state index contributed by atoms with van der Waals surface area (Å²) in [6.07, 6.45) is 60.8. The van der Waals surface area contributed by atoms with Gasteiger partial charge < -0.3 is 33.8 Å². The molecule has 0 aromatic rings. The summed E-state index contributed by atoms with van der Waals surface area (Å²) in [6, 6.07) is 0. The lowest BCUT2D eigenvalue weighted by Gasteiger charge is -2.21. The molecule has 0 aliphatic rings. The van der Waals surface area contributed by atoms with Gasteiger partial charge >= 0.3 is 39.5 Å². The molecule has 0 saturated carbocycles. The Morgan fingerprint density at radius 2 is 0.505 bits per heavy atom. The molecule has 0 aliphatic carbocycles. The molecule has 0 aliphatic heterocycles. The SMILES string of the molecule is CCCCCCCCCCCCCCCC(=O)OC[C@H](COP(=O)(O)OC[C@H](O)COP(=O)(O)OC[C@@H](COC(=O)CCCCCCCCCCCCCCCCC(C)C)OC(=O)CCCCCCCCCCCCCCCCC(C)C)OC(=O)CCCCCCCCCCCCC(C)CC. The van der Waals surface area contributed by atoms with E-state index in [9.17, 15) is 43.2 Å². The maximum Gasteiger partial charge on any atom is 0.472 e. The Bertz CT molecular complexity index is 1960. The third-order valence-corrected chi connectivity index (χ3v) is 21.4. The number of aliphatic hydroxyl groups is 1. The smallest absolute Gasteiger partial charge is 0.462 e. The Balaban J connectivity index is 5.27. The van der Waals surface area contributed by atoms with Gasteiger partial charge in [-0.15, -0.1) is 0 Å². The van der Waals surface area contributed by atoms with Crippen molar-refractivity contribution < 1.29 is 80.2 Å². The van der Waals surface area contributed by atoms with Crippen molar-refractivity contribution in [2.45, 2.75) is 446 Å². The van der Waals surface area contributed by atoms with Crippen LogP contribution in [-0.2, 0) is 65.4 Å². The number of hydrogen-bond acceptors (Lipinski definition) is 15. The first-order valence-corrected chi connectivity index (χ1v) is 45.4. The summed E-state index contributed by atoms with van der Waals surface area (Å²) in [5.74, 6) is 0.290. The zero-order chi connectivity index (χ0) is 74.4. The largest absolute Gasteiger partial charge is 0.472 e. The molecule has 6 atom stereocenters. The highest BCUT2D eigenvalue weighted by Gasteiger charge is 2.30. The third kappa shape index (κ3) is 74.7. The Morgan fingerprint density at radius 1 is 0.287 bits per heavy atom. The van der Waals surface area contributed by atoms with E-state index >= 15 is 0 Å². The molecule has 101 heavy (non-hydrogen) atoms. The highest BCUT2D eigenvalue weighted by Crippen LogP contribution is 2.45. The first kappa shape index (κ1) is 99.1. The van der Waals surface area contributed by atoms with Crippen LogP contribution in [0, 0.1) is 17.8 Å². The van der Waals surface area contributed by atoms with Crippen LogP contribution in [0.4, 0.5) is 0 Å². The Hall–Kier alpha value is -1.94. The van der Waals surface area contributed by atoms with E-state index in [2.05, 4.69) is 48.5 Å². The molecule has 3 N–H and O–H groups in total. The van der Waals surface area contributed by atoms with Gasteiger partial charge in [-0.25, -0.2) is 9.13 Å². The highest BCUT2D eigenvalue weighted by atomic mass is 31.2. The van der Waals surface area contributed by atoms with Gasteiger partial charge in [-0.05, 0) is 43.4 Å². The van der Waals surface area contributed by atoms with E-state index in [1.807, 2.05) is 0 Å². The van der Waals surface area contributed by atoms with Gasteiger partial charge in [0.25, 0.3) is 0 Å². The number of phosphoric ester groups is 2. The Labute approximate surface area is 619 Å². The van der Waals surface area contributed by atoms with Crippen molar-refractivity contribution in [1.29, 1.82) is 0 Å². The van der Waals surface area contributed by atoms with Crippen molar-refractivity contribution in [1.82, 2.24) is 0 Å². The van der Waals surface area contributed by atoms with Gasteiger partial charge in [0, 0.05) is 25.7 Å². The summed E-state index contributed by atoms with van der Waals surface area (Å²) in [5, 5.41) is 10.7. The fourth-order valence-corrected chi connectivity index (χ4v) is 14.2. The molecule has 0 heterocycles. The van der Waals surface area contributed by atoms with Gasteiger partial charge in [0.15, 0.2) is 12.2 Å². The standard InChI is InChI=1S/C82H160O17P2/c1-8-10-11-12-13-14-15-20-27-35-42-49-56-63-79(84)92-70-78(99-82(87)66-59-52-45-38-31-30-34-41-48-55-62-75(7)9-2)72-97-101(90,91)95-68-76(83)67-94-100(88,89)96-71-77(98-81(86)65-58-51-44-37-29-24-19-17-22-26-33-40-47-54-61-74(5)6)69-93-80(85)64-57-50-43-36-28-23-18-16-21-25-32-39-46-53-60-73(3)4/h73-78,83H,8-72H2,1-7H3,(H,88,89)(H,90,91)/t75?,76-,77-,78-/m1/s1. The fourth-order valence-electron chi connectivity index (χ4n) is 12.6. The molecule has 0 saturated heterocycles. The molecule has 0 bridgehead atoms. The van der Waals surface area contributed by atoms with Gasteiger partial charge in [0.1, 0.15) is 19.3 Å². The lowest BCUT2D eigenvalue weighted by atomic mass is 9.99. The molecule has 0 amide bonds. The van der Waals surface area contributed by atoms with Crippen molar-refractivity contribution in [2.75, 3.05) is 39.6 Å². The van der Waals surface area contributed by atoms with Crippen LogP contribution in [0.25, 0.3) is 0 Å². The monoisotopic (exact) mass is 1480 g/mol. The van der Waals surface area contributed by atoms with Gasteiger partial charge in [-0.3, -0.25) is 37.3 Å². The molecule has 0 fully saturated rings. The minimum absolute atomic E-state index is 0.107. The number of esters is 4. The number of carbonyl (C=O) groups is 4. The molecule has 0 aromatic carbocycles. The molecule has 19 heteroatoms. The zero-order valence-electron chi connectivity index (χ0n) is 66.4. The van der Waals surface area contributed by atoms with Crippen LogP contribution in [0.5, 0.6) is 0 Å². The quantitative estimate of drug-likeness (QED) is 0.0222. The second kappa shape index (κ2) is 72.3. The zero-order valence-corrected chi connectivity index (χ0v) is 68.2. The lowest BCUT2D eigenvalue weighted by Crippen LogP contribution is -2.30. The van der Waals surface area contributed by atoms with Crippen LogP contribution in [0.2, 0.25) is 0 Å². The van der Waals surface area contributed by atoms with Gasteiger partial charge in [-0.2, -0.15) is 0 Å². The van der Waals surface area contributed by atoms with Crippen LogP contribution < -0.4 is 0 Å². The summed E-state index contributed by atoms with van der Waals surface area (Å²) < 4.78 is 68.8. The number of rotatable bonds is 80. The van der Waals surface area contributed by atoms with Crippen molar-refractivity contribution in [2.24, 2.45) is 17.8 Å². The third-order valence-electron chi connectivity index (χ3n) is 19.5. The average Bonchev–Trinajstić information content (AvgIpc) is 0.913. The number of ether oxygens (including phenoxy) is 4. The summed E-state index contributed by atoms with van der Waals surface area (Å²) >= 11 is 0. The molecule has 3 unspecified atom stereocenters. The molecule has 17 nitrogen and oxygen atoms in total. The maximum absolute atomic E-state index is 13.1. The minimum atomic E-state index is -4.96. The number of unbranched alkanes of at least 4 members (excludes halogenated alkanes) is 47. The Morgan fingerprint density at radius 3 is 0.752 bits per heavy atom. The number of carbonyl (C=O) groups excluding carboxylic acids is 4. The summed E-state index contributed by atoms with van der Waals surface area (Å²) in [7, 11) is -9.92. The topological polar surface area (TPSA) is 237 Å². The molecule has 0 aromatic heterocycles. The van der Waals surface area contributed by atoms with Crippen LogP contribution in [0.15, 0.2) is 0 Å². The predicted octanol–water partition coefficient (Wildman–Crippen LogP) is 24.5. The second-order valence-corrected chi connectivity index (χ2v) is 33.6. The molecule has 600 valence electrons. The molecular formula is C82H160O17P2. The second-order valence-electron chi connectivity index (χ2n) is 30.7. The Kier molecular flexibility index (Phi) is 70.9. The van der Waals surface area contributed by atoms with E-state index in [1.54, 1.807) is 0 Å². The number of phosphoric acid groups is 2. The molecule has 0 rings (SSSR count). The molecular weight excluding hydrogens is 1320 g/mol. The van der Waals surface area contributed by atoms with E-state index in [4.69, 9.17) is 37.0 Å². The van der Waals surface area contributed by atoms with Crippen LogP contribution >= 0.6 is 15.6 Å². The first-order chi connectivity index (χ1) is 48.8. The summed E-state index contributed by atoms with van der Waals surface area (Å²) in [5.41, 5.74) is 0. The van der Waals surface area contributed by atoms with Gasteiger partial charge in [-0.1, -0.05) is 376 Å². The summed E-state index contributed by atoms with van der Waals surface area (Å²) in [6.45, 7) is 12.0. The van der Waals surface area contributed by atoms with E-state index in [0.717, 1.165) is 108 Å². The highest BCUT2D eigenvalue weighted by molar-refractivity contribution is 7.47. The normalized spacial score (nSPS) is 14.2.